The lowest BCUT2D eigenvalue weighted by molar-refractivity contribution is 0.403. The van der Waals surface area contributed by atoms with Crippen LogP contribution >= 0.6 is 11.3 Å². The number of aryl methyl sites for hydroxylation is 1. The van der Waals surface area contributed by atoms with Crippen molar-refractivity contribution in [1.82, 2.24) is 4.90 Å². The Bertz CT molecular complexity index is 471. The summed E-state index contributed by atoms with van der Waals surface area (Å²) in [6.07, 6.45) is 0. The lowest BCUT2D eigenvalue weighted by Gasteiger charge is -2.13. The molecule has 0 amide bonds. The Morgan fingerprint density at radius 3 is 2.44 bits per heavy atom. The Labute approximate surface area is 101 Å². The Kier molecular flexibility index (Phi) is 3.42. The van der Waals surface area contributed by atoms with Crippen molar-refractivity contribution in [3.8, 4) is 10.4 Å². The van der Waals surface area contributed by atoms with Crippen molar-refractivity contribution < 1.29 is 0 Å². The van der Waals surface area contributed by atoms with Crippen molar-refractivity contribution in [2.75, 3.05) is 14.1 Å². The molecule has 0 unspecified atom stereocenters. The molecule has 1 aromatic carbocycles. The van der Waals surface area contributed by atoms with E-state index in [4.69, 9.17) is 0 Å². The van der Waals surface area contributed by atoms with Gasteiger partial charge in [0.2, 0.25) is 0 Å². The van der Waals surface area contributed by atoms with Gasteiger partial charge in [-0.2, -0.15) is 0 Å². The molecule has 1 aromatic heterocycles. The maximum atomic E-state index is 2.22. The Balaban J connectivity index is 2.40. The maximum Gasteiger partial charge on any atom is 0.0348 e. The zero-order valence-electron chi connectivity index (χ0n) is 10.0. The first-order chi connectivity index (χ1) is 7.66. The normalized spacial score (nSPS) is 11.0. The number of nitrogens with zero attached hydrogens (tertiary/aromatic N) is 1. The van der Waals surface area contributed by atoms with Gasteiger partial charge in [0, 0.05) is 16.3 Å². The second kappa shape index (κ2) is 4.81. The highest BCUT2D eigenvalue weighted by molar-refractivity contribution is 7.15. The van der Waals surface area contributed by atoms with Crippen LogP contribution in [0.3, 0.4) is 0 Å². The second-order valence-electron chi connectivity index (χ2n) is 4.31. The Hall–Kier alpha value is -1.12. The zero-order valence-corrected chi connectivity index (χ0v) is 10.8. The number of rotatable bonds is 3. The van der Waals surface area contributed by atoms with Crippen LogP contribution in [0.15, 0.2) is 36.4 Å². The molecule has 0 aliphatic carbocycles. The smallest absolute Gasteiger partial charge is 0.0348 e. The molecule has 1 nitrogen and oxygen atoms in total. The minimum atomic E-state index is 0.993. The SMILES string of the molecule is Cc1ccc(-c2ccccc2CN(C)C)s1. The molecule has 2 heteroatoms. The first-order valence-corrected chi connectivity index (χ1v) is 6.28. The molecule has 0 saturated heterocycles. The van der Waals surface area contributed by atoms with Gasteiger partial charge in [-0.3, -0.25) is 0 Å². The molecule has 0 N–H and O–H groups in total. The van der Waals surface area contributed by atoms with E-state index >= 15 is 0 Å². The fourth-order valence-corrected chi connectivity index (χ4v) is 2.75. The maximum absolute atomic E-state index is 2.22. The lowest BCUT2D eigenvalue weighted by Crippen LogP contribution is -2.11. The van der Waals surface area contributed by atoms with Gasteiger partial charge >= 0.3 is 0 Å². The minimum Gasteiger partial charge on any atom is -0.305 e. The van der Waals surface area contributed by atoms with E-state index in [2.05, 4.69) is 62.3 Å². The van der Waals surface area contributed by atoms with Gasteiger partial charge in [0.05, 0.1) is 0 Å². The number of hydrogen-bond donors (Lipinski definition) is 0. The second-order valence-corrected chi connectivity index (χ2v) is 5.59. The molecule has 0 spiro atoms. The summed E-state index contributed by atoms with van der Waals surface area (Å²) in [6.45, 7) is 3.15. The monoisotopic (exact) mass is 231 g/mol. The largest absolute Gasteiger partial charge is 0.305 e. The molecule has 0 bridgehead atoms. The van der Waals surface area contributed by atoms with Crippen LogP contribution in [-0.2, 0) is 6.54 Å². The summed E-state index contributed by atoms with van der Waals surface area (Å²) < 4.78 is 0. The zero-order chi connectivity index (χ0) is 11.5. The standard InChI is InChI=1S/C14H17NS/c1-11-8-9-14(16-11)13-7-5-4-6-12(13)10-15(2)3/h4-9H,10H2,1-3H3. The lowest BCUT2D eigenvalue weighted by atomic mass is 10.1. The van der Waals surface area contributed by atoms with Crippen LogP contribution in [0.1, 0.15) is 10.4 Å². The average Bonchev–Trinajstić information content (AvgIpc) is 2.65. The summed E-state index contributed by atoms with van der Waals surface area (Å²) >= 11 is 1.86. The molecule has 0 saturated carbocycles. The summed E-state index contributed by atoms with van der Waals surface area (Å²) in [5, 5.41) is 0. The molecule has 2 aromatic rings. The van der Waals surface area contributed by atoms with Crippen LogP contribution in [0.2, 0.25) is 0 Å². The van der Waals surface area contributed by atoms with E-state index in [-0.39, 0.29) is 0 Å². The fourth-order valence-electron chi connectivity index (χ4n) is 1.82. The number of hydrogen-bond acceptors (Lipinski definition) is 2. The third kappa shape index (κ3) is 2.52. The van der Waals surface area contributed by atoms with Gasteiger partial charge in [0.25, 0.3) is 0 Å². The van der Waals surface area contributed by atoms with Crippen molar-refractivity contribution in [3.05, 3.63) is 46.8 Å². The van der Waals surface area contributed by atoms with Crippen molar-refractivity contribution in [2.45, 2.75) is 13.5 Å². The van der Waals surface area contributed by atoms with Crippen molar-refractivity contribution in [3.63, 3.8) is 0 Å². The van der Waals surface area contributed by atoms with E-state index in [1.165, 1.54) is 20.9 Å². The van der Waals surface area contributed by atoms with E-state index in [1.807, 2.05) is 11.3 Å². The van der Waals surface area contributed by atoms with Gasteiger partial charge < -0.3 is 4.90 Å². The molecule has 84 valence electrons. The molecule has 0 fully saturated rings. The summed E-state index contributed by atoms with van der Waals surface area (Å²) in [7, 11) is 4.22. The van der Waals surface area contributed by atoms with Crippen LogP contribution in [0.25, 0.3) is 10.4 Å². The van der Waals surface area contributed by atoms with E-state index in [0.717, 1.165) is 6.54 Å². The minimum absolute atomic E-state index is 0.993. The first kappa shape index (κ1) is 11.4. The number of thiophene rings is 1. The van der Waals surface area contributed by atoms with Crippen molar-refractivity contribution in [1.29, 1.82) is 0 Å². The third-order valence-corrected chi connectivity index (χ3v) is 3.54. The topological polar surface area (TPSA) is 3.24 Å². The third-order valence-electron chi connectivity index (χ3n) is 2.51. The van der Waals surface area contributed by atoms with Crippen LogP contribution in [0.5, 0.6) is 0 Å². The van der Waals surface area contributed by atoms with Gasteiger partial charge in [-0.25, -0.2) is 0 Å². The molecule has 0 aliphatic heterocycles. The van der Waals surface area contributed by atoms with E-state index < -0.39 is 0 Å². The predicted octanol–water partition coefficient (Wildman–Crippen LogP) is 3.79. The van der Waals surface area contributed by atoms with Crippen LogP contribution in [0, 0.1) is 6.92 Å². The Morgan fingerprint density at radius 1 is 1.06 bits per heavy atom. The molecular formula is C14H17NS. The van der Waals surface area contributed by atoms with Gasteiger partial charge in [-0.15, -0.1) is 11.3 Å². The highest BCUT2D eigenvalue weighted by Gasteiger charge is 2.06. The van der Waals surface area contributed by atoms with Crippen LogP contribution < -0.4 is 0 Å². The van der Waals surface area contributed by atoms with Gasteiger partial charge in [-0.05, 0) is 44.3 Å². The van der Waals surface area contributed by atoms with Gasteiger partial charge in [-0.1, -0.05) is 24.3 Å². The van der Waals surface area contributed by atoms with Gasteiger partial charge in [0.1, 0.15) is 0 Å². The molecule has 0 radical (unpaired) electrons. The van der Waals surface area contributed by atoms with E-state index in [9.17, 15) is 0 Å². The molecule has 0 aliphatic rings. The van der Waals surface area contributed by atoms with Crippen LogP contribution in [-0.4, -0.2) is 19.0 Å². The summed E-state index contributed by atoms with van der Waals surface area (Å²) in [4.78, 5) is 4.95. The van der Waals surface area contributed by atoms with Crippen LogP contribution in [0.4, 0.5) is 0 Å². The molecule has 16 heavy (non-hydrogen) atoms. The average molecular weight is 231 g/mol. The summed E-state index contributed by atoms with van der Waals surface area (Å²) in [5.74, 6) is 0. The first-order valence-electron chi connectivity index (χ1n) is 5.46. The van der Waals surface area contributed by atoms with Crippen molar-refractivity contribution in [2.24, 2.45) is 0 Å². The molecule has 0 atom stereocenters. The van der Waals surface area contributed by atoms with E-state index in [0.29, 0.717) is 0 Å². The van der Waals surface area contributed by atoms with Gasteiger partial charge in [0.15, 0.2) is 0 Å². The summed E-state index contributed by atoms with van der Waals surface area (Å²) in [5.41, 5.74) is 2.77. The van der Waals surface area contributed by atoms with Crippen molar-refractivity contribution >= 4 is 11.3 Å². The quantitative estimate of drug-likeness (QED) is 0.777. The highest BCUT2D eigenvalue weighted by Crippen LogP contribution is 2.30. The highest BCUT2D eigenvalue weighted by atomic mass is 32.1. The summed E-state index contributed by atoms with van der Waals surface area (Å²) in [6, 6.07) is 13.1. The Morgan fingerprint density at radius 2 is 1.81 bits per heavy atom. The number of benzene rings is 1. The molecular weight excluding hydrogens is 214 g/mol. The fraction of sp³-hybridized carbons (Fsp3) is 0.286. The molecule has 2 rings (SSSR count). The van der Waals surface area contributed by atoms with E-state index in [1.54, 1.807) is 0 Å². The molecule has 1 heterocycles. The predicted molar refractivity (Wildman–Crippen MR) is 71.9 cm³/mol.